The van der Waals surface area contributed by atoms with Crippen molar-refractivity contribution in [3.63, 3.8) is 0 Å². The van der Waals surface area contributed by atoms with Gasteiger partial charge in [0.05, 0.1) is 23.4 Å². The number of nitrogens with one attached hydrogen (secondary N) is 1. The highest BCUT2D eigenvalue weighted by Crippen LogP contribution is 2.45. The normalized spacial score (nSPS) is 35.8. The quantitative estimate of drug-likeness (QED) is 0.674. The Morgan fingerprint density at radius 2 is 2.00 bits per heavy atom. The number of hydrogen-bond donors (Lipinski definition) is 2. The Hall–Kier alpha value is -1.80. The fraction of sp³-hybridized carbons (Fsp3) is 0.696. The number of aliphatic hydroxyl groups is 1. The molecular weight excluding hydrogens is 409 g/mol. The summed E-state index contributed by atoms with van der Waals surface area (Å²) in [7, 11) is 0. The SMILES string of the molecule is CC(C)C1(CCNC2CCC(O)CC2)CC2O/C=C/C=C(C(F)(F)F)\C=C\CN2C1=O. The number of ether oxygens (including phenoxy) is 1. The van der Waals surface area contributed by atoms with E-state index in [-0.39, 0.29) is 24.5 Å². The number of alkyl halides is 3. The molecule has 0 aromatic heterocycles. The van der Waals surface area contributed by atoms with Gasteiger partial charge in [0, 0.05) is 19.0 Å². The van der Waals surface area contributed by atoms with Gasteiger partial charge in [-0.1, -0.05) is 26.0 Å². The zero-order valence-corrected chi connectivity index (χ0v) is 18.2. The molecule has 2 aliphatic heterocycles. The molecule has 2 unspecified atom stereocenters. The van der Waals surface area contributed by atoms with Gasteiger partial charge in [-0.3, -0.25) is 4.79 Å². The number of hydrogen-bond acceptors (Lipinski definition) is 4. The number of fused-ring (bicyclic) bond motifs is 1. The zero-order chi connectivity index (χ0) is 22.6. The van der Waals surface area contributed by atoms with Gasteiger partial charge in [0.1, 0.15) is 0 Å². The monoisotopic (exact) mass is 442 g/mol. The van der Waals surface area contributed by atoms with E-state index in [4.69, 9.17) is 4.74 Å². The Labute approximate surface area is 182 Å². The molecule has 8 heteroatoms. The second-order valence-corrected chi connectivity index (χ2v) is 9.12. The summed E-state index contributed by atoms with van der Waals surface area (Å²) in [5.74, 6) is -0.00226. The molecule has 31 heavy (non-hydrogen) atoms. The molecule has 5 nitrogen and oxygen atoms in total. The topological polar surface area (TPSA) is 61.8 Å². The van der Waals surface area contributed by atoms with Crippen LogP contribution in [0.5, 0.6) is 0 Å². The maximum atomic E-state index is 13.5. The van der Waals surface area contributed by atoms with E-state index < -0.39 is 23.4 Å². The van der Waals surface area contributed by atoms with Gasteiger partial charge >= 0.3 is 6.18 Å². The first-order valence-corrected chi connectivity index (χ1v) is 11.1. The number of rotatable bonds is 5. The molecule has 3 rings (SSSR count). The minimum Gasteiger partial charge on any atom is -0.478 e. The molecule has 1 aliphatic carbocycles. The van der Waals surface area contributed by atoms with Gasteiger partial charge in [-0.05, 0) is 56.7 Å². The lowest BCUT2D eigenvalue weighted by molar-refractivity contribution is -0.141. The molecule has 1 saturated heterocycles. The molecule has 2 atom stereocenters. The van der Waals surface area contributed by atoms with Crippen LogP contribution in [0.15, 0.2) is 36.1 Å². The maximum absolute atomic E-state index is 13.5. The van der Waals surface area contributed by atoms with Crippen molar-refractivity contribution in [3.8, 4) is 0 Å². The molecule has 0 bridgehead atoms. The predicted octanol–water partition coefficient (Wildman–Crippen LogP) is 4.06. The van der Waals surface area contributed by atoms with Gasteiger partial charge in [0.15, 0.2) is 6.23 Å². The van der Waals surface area contributed by atoms with Gasteiger partial charge in [0.2, 0.25) is 5.91 Å². The second-order valence-electron chi connectivity index (χ2n) is 9.12. The first kappa shape index (κ1) is 23.9. The fourth-order valence-electron chi connectivity index (χ4n) is 4.82. The first-order valence-electron chi connectivity index (χ1n) is 11.1. The fourth-order valence-corrected chi connectivity index (χ4v) is 4.82. The Bertz CT molecular complexity index is 724. The Balaban J connectivity index is 1.69. The zero-order valence-electron chi connectivity index (χ0n) is 18.2. The van der Waals surface area contributed by atoms with Crippen LogP contribution in [-0.2, 0) is 9.53 Å². The summed E-state index contributed by atoms with van der Waals surface area (Å²) >= 11 is 0. The summed E-state index contributed by atoms with van der Waals surface area (Å²) < 4.78 is 45.0. The summed E-state index contributed by atoms with van der Waals surface area (Å²) in [4.78, 5) is 15.0. The summed E-state index contributed by atoms with van der Waals surface area (Å²) in [5, 5.41) is 13.2. The predicted molar refractivity (Wildman–Crippen MR) is 112 cm³/mol. The average Bonchev–Trinajstić information content (AvgIpc) is 2.98. The number of halogens is 3. The van der Waals surface area contributed by atoms with Crippen LogP contribution in [0.3, 0.4) is 0 Å². The van der Waals surface area contributed by atoms with Gasteiger partial charge in [-0.15, -0.1) is 0 Å². The van der Waals surface area contributed by atoms with Crippen LogP contribution in [0.4, 0.5) is 13.2 Å². The van der Waals surface area contributed by atoms with Crippen molar-refractivity contribution < 1.29 is 27.8 Å². The van der Waals surface area contributed by atoms with E-state index in [0.29, 0.717) is 25.4 Å². The molecule has 0 aromatic rings. The van der Waals surface area contributed by atoms with Gasteiger partial charge in [-0.25, -0.2) is 0 Å². The van der Waals surface area contributed by atoms with Crippen LogP contribution >= 0.6 is 0 Å². The van der Waals surface area contributed by atoms with Crippen molar-refractivity contribution >= 4 is 5.91 Å². The maximum Gasteiger partial charge on any atom is 0.416 e. The van der Waals surface area contributed by atoms with Crippen molar-refractivity contribution in [2.24, 2.45) is 11.3 Å². The van der Waals surface area contributed by atoms with E-state index in [2.05, 4.69) is 5.32 Å². The average molecular weight is 443 g/mol. The third-order valence-electron chi connectivity index (χ3n) is 6.90. The minimum absolute atomic E-state index is 0.0630. The van der Waals surface area contributed by atoms with Crippen molar-refractivity contribution in [1.82, 2.24) is 10.2 Å². The first-order chi connectivity index (χ1) is 14.6. The molecule has 0 aromatic carbocycles. The Morgan fingerprint density at radius 1 is 1.29 bits per heavy atom. The molecule has 2 heterocycles. The van der Waals surface area contributed by atoms with Crippen molar-refractivity contribution in [2.75, 3.05) is 13.1 Å². The standard InChI is InChI=1S/C23H33F3N2O3/c1-16(2)22(11-12-27-18-7-9-19(29)10-8-18)15-20-28(21(22)30)13-3-5-17(23(24,25)26)6-4-14-31-20/h3-6,14,16,18-20,27,29H,7-13,15H2,1-2H3/b5-3+,14-4+,17-6+. The van der Waals surface area contributed by atoms with E-state index in [1.54, 1.807) is 4.90 Å². The molecule has 174 valence electrons. The number of carbonyl (C=O) groups excluding carboxylic acids is 1. The Kier molecular flexibility index (Phi) is 7.52. The summed E-state index contributed by atoms with van der Waals surface area (Å²) in [5.41, 5.74) is -1.41. The van der Waals surface area contributed by atoms with Crippen LogP contribution in [0.2, 0.25) is 0 Å². The summed E-state index contributed by atoms with van der Waals surface area (Å²) in [6.45, 7) is 4.79. The van der Waals surface area contributed by atoms with Crippen molar-refractivity contribution in [3.05, 3.63) is 36.1 Å². The van der Waals surface area contributed by atoms with E-state index in [1.807, 2.05) is 13.8 Å². The lowest BCUT2D eigenvalue weighted by Crippen LogP contribution is -2.43. The van der Waals surface area contributed by atoms with E-state index in [9.17, 15) is 23.1 Å². The molecule has 0 radical (unpaired) electrons. The second kappa shape index (κ2) is 9.77. The van der Waals surface area contributed by atoms with Crippen LogP contribution in [0, 0.1) is 11.3 Å². The molecule has 2 fully saturated rings. The molecule has 1 saturated carbocycles. The van der Waals surface area contributed by atoms with E-state index in [1.165, 1.54) is 18.4 Å². The van der Waals surface area contributed by atoms with Crippen molar-refractivity contribution in [2.45, 2.75) is 76.9 Å². The third-order valence-corrected chi connectivity index (χ3v) is 6.90. The van der Waals surface area contributed by atoms with Gasteiger partial charge in [-0.2, -0.15) is 13.2 Å². The van der Waals surface area contributed by atoms with Crippen LogP contribution < -0.4 is 5.32 Å². The van der Waals surface area contributed by atoms with Crippen LogP contribution in [-0.4, -0.2) is 53.6 Å². The van der Waals surface area contributed by atoms with E-state index >= 15 is 0 Å². The van der Waals surface area contributed by atoms with Gasteiger partial charge < -0.3 is 20.1 Å². The highest BCUT2D eigenvalue weighted by molar-refractivity contribution is 5.85. The smallest absolute Gasteiger partial charge is 0.416 e. The lowest BCUT2D eigenvalue weighted by atomic mass is 9.73. The highest BCUT2D eigenvalue weighted by Gasteiger charge is 2.53. The number of aliphatic hydroxyl groups excluding tert-OH is 1. The number of nitrogens with zero attached hydrogens (tertiary/aromatic N) is 1. The van der Waals surface area contributed by atoms with Crippen LogP contribution in [0.25, 0.3) is 0 Å². The van der Waals surface area contributed by atoms with Crippen molar-refractivity contribution in [1.29, 1.82) is 0 Å². The van der Waals surface area contributed by atoms with Gasteiger partial charge in [0.25, 0.3) is 0 Å². The molecule has 2 N–H and O–H groups in total. The lowest BCUT2D eigenvalue weighted by Gasteiger charge is -2.33. The highest BCUT2D eigenvalue weighted by atomic mass is 19.4. The summed E-state index contributed by atoms with van der Waals surface area (Å²) in [6.07, 6.45) is 5.26. The largest absolute Gasteiger partial charge is 0.478 e. The minimum atomic E-state index is -4.46. The number of amides is 1. The number of carbonyl (C=O) groups is 1. The molecule has 3 aliphatic rings. The molecule has 1 amide bonds. The Morgan fingerprint density at radius 3 is 2.65 bits per heavy atom. The number of allylic oxidation sites excluding steroid dienone is 4. The molecule has 0 spiro atoms. The third kappa shape index (κ3) is 5.52. The van der Waals surface area contributed by atoms with E-state index in [0.717, 1.165) is 37.8 Å². The van der Waals surface area contributed by atoms with Crippen LogP contribution in [0.1, 0.15) is 52.4 Å². The molecular formula is C23H33F3N2O3. The summed E-state index contributed by atoms with van der Waals surface area (Å²) in [6, 6.07) is 0.346.